The number of fused-ring (bicyclic) bond motifs is 1. The Morgan fingerprint density at radius 1 is 0.939 bits per heavy atom. The van der Waals surface area contributed by atoms with Crippen LogP contribution in [0.15, 0.2) is 75.9 Å². The van der Waals surface area contributed by atoms with E-state index in [2.05, 4.69) is 5.32 Å². The van der Waals surface area contributed by atoms with Gasteiger partial charge in [0.1, 0.15) is 5.75 Å². The van der Waals surface area contributed by atoms with E-state index in [0.29, 0.717) is 17.7 Å². The van der Waals surface area contributed by atoms with Crippen molar-refractivity contribution in [2.75, 3.05) is 21.9 Å². The Labute approximate surface area is 189 Å². The minimum absolute atomic E-state index is 0.00201. The maximum Gasteiger partial charge on any atom is 0.235 e. The van der Waals surface area contributed by atoms with Crippen molar-refractivity contribution < 1.29 is 23.0 Å². The van der Waals surface area contributed by atoms with Gasteiger partial charge in [0.25, 0.3) is 0 Å². The Morgan fingerprint density at radius 2 is 1.67 bits per heavy atom. The first-order chi connectivity index (χ1) is 15.8. The molecule has 0 aliphatic carbocycles. The van der Waals surface area contributed by atoms with E-state index in [1.54, 1.807) is 6.07 Å². The topological polar surface area (TPSA) is 120 Å². The van der Waals surface area contributed by atoms with E-state index in [1.807, 2.05) is 30.3 Å². The van der Waals surface area contributed by atoms with E-state index in [-0.39, 0.29) is 40.5 Å². The number of nitrogens with zero attached hydrogens (tertiary/aromatic N) is 1. The zero-order valence-electron chi connectivity index (χ0n) is 17.4. The number of aromatic hydroxyl groups is 2. The summed E-state index contributed by atoms with van der Waals surface area (Å²) in [5.74, 6) is -0.686. The summed E-state index contributed by atoms with van der Waals surface area (Å²) < 4.78 is 32.7. The van der Waals surface area contributed by atoms with Crippen LogP contribution >= 0.6 is 0 Å². The van der Waals surface area contributed by atoms with Crippen molar-refractivity contribution in [1.29, 1.82) is 0 Å². The second kappa shape index (κ2) is 7.86. The number of phenols is 1. The van der Waals surface area contributed by atoms with Crippen LogP contribution in [-0.2, 0) is 10.0 Å². The molecule has 0 spiro atoms. The molecule has 1 aliphatic rings. The van der Waals surface area contributed by atoms with Gasteiger partial charge >= 0.3 is 0 Å². The zero-order chi connectivity index (χ0) is 23.2. The number of para-hydroxylation sites is 1. The number of benzene rings is 3. The molecule has 9 heteroatoms. The lowest BCUT2D eigenvalue weighted by Crippen LogP contribution is -2.25. The SMILES string of the molecule is O=c1c(O)c(-c2ccc(O)cc2)oc2c(N3CCCS3(=O)=O)cc(Nc3ccccc3)cc12. The summed E-state index contributed by atoms with van der Waals surface area (Å²) in [4.78, 5) is 13.2. The second-order valence-corrected chi connectivity index (χ2v) is 9.77. The van der Waals surface area contributed by atoms with E-state index in [0.717, 1.165) is 5.69 Å². The fourth-order valence-corrected chi connectivity index (χ4v) is 5.49. The summed E-state index contributed by atoms with van der Waals surface area (Å²) in [6.45, 7) is 0.255. The Bertz CT molecular complexity index is 1510. The van der Waals surface area contributed by atoms with E-state index in [9.17, 15) is 23.4 Å². The minimum Gasteiger partial charge on any atom is -0.508 e. The summed E-state index contributed by atoms with van der Waals surface area (Å²) in [6.07, 6.45) is 0.452. The number of rotatable bonds is 4. The standard InChI is InChI=1S/C24H20N2O6S/c27-18-9-7-15(8-10-18)23-22(29)21(28)19-13-17(25-16-5-2-1-3-6-16)14-20(24(19)32-23)26-11-4-12-33(26,30)31/h1-3,5-10,13-14,25,27,29H,4,11-12H2. The van der Waals surface area contributed by atoms with Crippen LogP contribution in [0.5, 0.6) is 11.5 Å². The Balaban J connectivity index is 1.77. The van der Waals surface area contributed by atoms with Crippen molar-refractivity contribution in [3.05, 3.63) is 77.0 Å². The van der Waals surface area contributed by atoms with Gasteiger partial charge < -0.3 is 19.9 Å². The quantitative estimate of drug-likeness (QED) is 0.415. The molecule has 0 bridgehead atoms. The molecule has 0 atom stereocenters. The number of sulfonamides is 1. The highest BCUT2D eigenvalue weighted by molar-refractivity contribution is 7.93. The third-order valence-corrected chi connectivity index (χ3v) is 7.36. The smallest absolute Gasteiger partial charge is 0.235 e. The van der Waals surface area contributed by atoms with Gasteiger partial charge in [0.2, 0.25) is 21.2 Å². The van der Waals surface area contributed by atoms with Gasteiger partial charge in [-0.05, 0) is 55.0 Å². The molecular weight excluding hydrogens is 444 g/mol. The lowest BCUT2D eigenvalue weighted by molar-refractivity contribution is 0.449. The van der Waals surface area contributed by atoms with Gasteiger partial charge in [0, 0.05) is 23.5 Å². The first-order valence-corrected chi connectivity index (χ1v) is 11.9. The average molecular weight is 464 g/mol. The summed E-state index contributed by atoms with van der Waals surface area (Å²) >= 11 is 0. The molecule has 1 aliphatic heterocycles. The summed E-state index contributed by atoms with van der Waals surface area (Å²) in [7, 11) is -3.58. The highest BCUT2D eigenvalue weighted by Crippen LogP contribution is 2.39. The number of phenolic OH excluding ortho intramolecular Hbond substituents is 1. The highest BCUT2D eigenvalue weighted by Gasteiger charge is 2.32. The largest absolute Gasteiger partial charge is 0.508 e. The van der Waals surface area contributed by atoms with Gasteiger partial charge in [-0.25, -0.2) is 8.42 Å². The van der Waals surface area contributed by atoms with Crippen molar-refractivity contribution in [3.63, 3.8) is 0 Å². The molecule has 5 rings (SSSR count). The molecule has 1 saturated heterocycles. The fourth-order valence-electron chi connectivity index (χ4n) is 3.93. The van der Waals surface area contributed by atoms with E-state index >= 15 is 0 Å². The van der Waals surface area contributed by atoms with Crippen LogP contribution in [0, 0.1) is 0 Å². The van der Waals surface area contributed by atoms with Crippen LogP contribution in [0.4, 0.5) is 17.1 Å². The van der Waals surface area contributed by atoms with Gasteiger partial charge in [-0.3, -0.25) is 9.10 Å². The van der Waals surface area contributed by atoms with Gasteiger partial charge in [-0.1, -0.05) is 18.2 Å². The third kappa shape index (κ3) is 3.76. The Morgan fingerprint density at radius 3 is 2.33 bits per heavy atom. The molecule has 33 heavy (non-hydrogen) atoms. The van der Waals surface area contributed by atoms with Crippen LogP contribution in [0.2, 0.25) is 0 Å². The molecule has 1 fully saturated rings. The molecule has 4 aromatic rings. The van der Waals surface area contributed by atoms with E-state index in [1.165, 1.54) is 34.6 Å². The molecule has 3 N–H and O–H groups in total. The summed E-state index contributed by atoms with van der Waals surface area (Å²) in [5, 5.41) is 23.4. The number of hydrogen-bond donors (Lipinski definition) is 3. The molecule has 0 amide bonds. The molecular formula is C24H20N2O6S. The fraction of sp³-hybridized carbons (Fsp3) is 0.125. The van der Waals surface area contributed by atoms with Crippen LogP contribution in [0.3, 0.4) is 0 Å². The lowest BCUT2D eigenvalue weighted by Gasteiger charge is -2.20. The molecule has 1 aromatic heterocycles. The molecule has 3 aromatic carbocycles. The molecule has 0 saturated carbocycles. The highest BCUT2D eigenvalue weighted by atomic mass is 32.2. The maximum absolute atomic E-state index is 13.2. The van der Waals surface area contributed by atoms with Crippen molar-refractivity contribution in [2.24, 2.45) is 0 Å². The lowest BCUT2D eigenvalue weighted by atomic mass is 10.1. The van der Waals surface area contributed by atoms with E-state index in [4.69, 9.17) is 4.42 Å². The summed E-state index contributed by atoms with van der Waals surface area (Å²) in [5.41, 5.74) is 1.20. The Hall–Kier alpha value is -3.98. The van der Waals surface area contributed by atoms with Crippen LogP contribution in [0.1, 0.15) is 6.42 Å². The van der Waals surface area contributed by atoms with Crippen molar-refractivity contribution in [2.45, 2.75) is 6.42 Å². The van der Waals surface area contributed by atoms with Gasteiger partial charge in [-0.15, -0.1) is 0 Å². The molecule has 0 unspecified atom stereocenters. The second-order valence-electron chi connectivity index (χ2n) is 7.76. The van der Waals surface area contributed by atoms with Crippen molar-refractivity contribution >= 4 is 38.1 Å². The average Bonchev–Trinajstić information content (AvgIpc) is 3.16. The van der Waals surface area contributed by atoms with Gasteiger partial charge in [-0.2, -0.15) is 0 Å². The normalized spacial score (nSPS) is 15.1. The zero-order valence-corrected chi connectivity index (χ0v) is 18.2. The predicted octanol–water partition coefficient (Wildman–Crippen LogP) is 4.15. The number of hydrogen-bond acceptors (Lipinski definition) is 7. The third-order valence-electron chi connectivity index (χ3n) is 5.51. The number of anilines is 3. The first kappa shape index (κ1) is 20.9. The van der Waals surface area contributed by atoms with Crippen LogP contribution < -0.4 is 15.1 Å². The molecule has 8 nitrogen and oxygen atoms in total. The van der Waals surface area contributed by atoms with Crippen molar-refractivity contribution in [3.8, 4) is 22.8 Å². The predicted molar refractivity (Wildman–Crippen MR) is 127 cm³/mol. The molecule has 168 valence electrons. The Kier molecular flexibility index (Phi) is 4.98. The van der Waals surface area contributed by atoms with E-state index < -0.39 is 21.2 Å². The minimum atomic E-state index is -3.58. The molecule has 0 radical (unpaired) electrons. The van der Waals surface area contributed by atoms with Crippen LogP contribution in [-0.4, -0.2) is 30.9 Å². The van der Waals surface area contributed by atoms with Gasteiger partial charge in [0.15, 0.2) is 11.3 Å². The summed E-state index contributed by atoms with van der Waals surface area (Å²) in [6, 6.07) is 18.2. The monoisotopic (exact) mass is 464 g/mol. The van der Waals surface area contributed by atoms with Gasteiger partial charge in [0.05, 0.1) is 16.8 Å². The number of nitrogens with one attached hydrogen (secondary N) is 1. The molecule has 2 heterocycles. The van der Waals surface area contributed by atoms with Crippen molar-refractivity contribution in [1.82, 2.24) is 0 Å². The first-order valence-electron chi connectivity index (χ1n) is 10.3. The maximum atomic E-state index is 13.2. The van der Waals surface area contributed by atoms with Crippen LogP contribution in [0.25, 0.3) is 22.3 Å².